The van der Waals surface area contributed by atoms with Gasteiger partial charge < -0.3 is 15.2 Å². The lowest BCUT2D eigenvalue weighted by atomic mass is 10.1. The summed E-state index contributed by atoms with van der Waals surface area (Å²) in [5.41, 5.74) is 3.01. The summed E-state index contributed by atoms with van der Waals surface area (Å²) in [4.78, 5) is 20.6. The van der Waals surface area contributed by atoms with Gasteiger partial charge in [0.2, 0.25) is 0 Å². The molecule has 2 heterocycles. The molecule has 1 aromatic carbocycles. The van der Waals surface area contributed by atoms with E-state index in [0.29, 0.717) is 26.1 Å². The highest BCUT2D eigenvalue weighted by molar-refractivity contribution is 7.89. The van der Waals surface area contributed by atoms with Gasteiger partial charge in [-0.1, -0.05) is 6.07 Å². The predicted octanol–water partition coefficient (Wildman–Crippen LogP) is 1.96. The van der Waals surface area contributed by atoms with E-state index in [9.17, 15) is 13.2 Å². The number of imidazole rings is 1. The number of carbonyl (C=O) groups is 1. The lowest BCUT2D eigenvalue weighted by Crippen LogP contribution is -2.39. The molecule has 2 amide bonds. The van der Waals surface area contributed by atoms with E-state index in [-0.39, 0.29) is 17.6 Å². The summed E-state index contributed by atoms with van der Waals surface area (Å²) >= 11 is 0. The molecule has 0 unspecified atom stereocenters. The van der Waals surface area contributed by atoms with E-state index in [1.807, 2.05) is 32.0 Å². The van der Waals surface area contributed by atoms with Crippen molar-refractivity contribution in [2.75, 3.05) is 31.5 Å². The van der Waals surface area contributed by atoms with Crippen molar-refractivity contribution in [2.24, 2.45) is 0 Å². The Labute approximate surface area is 153 Å². The molecule has 9 heteroatoms. The Kier molecular flexibility index (Phi) is 5.28. The van der Waals surface area contributed by atoms with Gasteiger partial charge in [-0.15, -0.1) is 0 Å². The Morgan fingerprint density at radius 1 is 1.15 bits per heavy atom. The Morgan fingerprint density at radius 3 is 2.65 bits per heavy atom. The summed E-state index contributed by atoms with van der Waals surface area (Å²) in [6.45, 7) is 5.48. The van der Waals surface area contributed by atoms with Gasteiger partial charge in [-0.25, -0.2) is 18.2 Å². The van der Waals surface area contributed by atoms with E-state index in [1.165, 1.54) is 16.8 Å². The molecule has 1 aliphatic rings. The fourth-order valence-electron chi connectivity index (χ4n) is 2.88. The minimum Gasteiger partial charge on any atom is -0.335 e. The molecule has 0 aliphatic carbocycles. The van der Waals surface area contributed by atoms with Crippen LogP contribution in [-0.4, -0.2) is 59.8 Å². The maximum absolute atomic E-state index is 12.6. The average molecular weight is 377 g/mol. The largest absolute Gasteiger partial charge is 0.335 e. The molecular weight excluding hydrogens is 354 g/mol. The first-order chi connectivity index (χ1) is 12.4. The Morgan fingerprint density at radius 2 is 1.96 bits per heavy atom. The molecule has 0 radical (unpaired) electrons. The van der Waals surface area contributed by atoms with Gasteiger partial charge in [0.25, 0.3) is 10.0 Å². The fourth-order valence-corrected chi connectivity index (χ4v) is 4.25. The van der Waals surface area contributed by atoms with E-state index in [0.717, 1.165) is 16.8 Å². The smallest absolute Gasteiger partial charge is 0.321 e. The summed E-state index contributed by atoms with van der Waals surface area (Å²) in [7, 11) is -3.60. The van der Waals surface area contributed by atoms with Gasteiger partial charge in [0, 0.05) is 31.9 Å². The Hall–Kier alpha value is -2.39. The van der Waals surface area contributed by atoms with Gasteiger partial charge in [0.05, 0.1) is 12.5 Å². The van der Waals surface area contributed by atoms with Gasteiger partial charge in [-0.05, 0) is 43.5 Å². The van der Waals surface area contributed by atoms with Crippen LogP contribution in [0.2, 0.25) is 0 Å². The number of carbonyl (C=O) groups excluding carboxylic acids is 1. The number of anilines is 1. The summed E-state index contributed by atoms with van der Waals surface area (Å²) < 4.78 is 26.5. The number of aromatic nitrogens is 2. The lowest BCUT2D eigenvalue weighted by Gasteiger charge is -2.22. The zero-order chi connectivity index (χ0) is 18.7. The van der Waals surface area contributed by atoms with Gasteiger partial charge in [-0.2, -0.15) is 4.31 Å². The van der Waals surface area contributed by atoms with Crippen molar-refractivity contribution < 1.29 is 13.2 Å². The number of rotatable bonds is 3. The Bertz CT molecular complexity index is 880. The number of aromatic amines is 1. The number of amides is 2. The van der Waals surface area contributed by atoms with Gasteiger partial charge in [-0.3, -0.25) is 0 Å². The maximum Gasteiger partial charge on any atom is 0.321 e. The van der Waals surface area contributed by atoms with Crippen molar-refractivity contribution in [1.29, 1.82) is 0 Å². The first-order valence-electron chi connectivity index (χ1n) is 8.49. The maximum atomic E-state index is 12.6. The SMILES string of the molecule is Cc1ccc(NC(=O)N2CCCN(S(=O)(=O)c3cnc[nH]3)CC2)cc1C. The van der Waals surface area contributed by atoms with Gasteiger partial charge in [0.15, 0.2) is 5.03 Å². The van der Waals surface area contributed by atoms with E-state index in [1.54, 1.807) is 4.90 Å². The molecule has 140 valence electrons. The van der Waals surface area contributed by atoms with Crippen LogP contribution < -0.4 is 5.32 Å². The van der Waals surface area contributed by atoms with Crippen LogP contribution in [0.4, 0.5) is 10.5 Å². The Balaban J connectivity index is 1.64. The van der Waals surface area contributed by atoms with Crippen molar-refractivity contribution in [1.82, 2.24) is 19.2 Å². The van der Waals surface area contributed by atoms with E-state index >= 15 is 0 Å². The molecular formula is C17H23N5O3S. The molecule has 3 rings (SSSR count). The van der Waals surface area contributed by atoms with Crippen LogP contribution in [0.15, 0.2) is 35.7 Å². The van der Waals surface area contributed by atoms with E-state index in [4.69, 9.17) is 0 Å². The van der Waals surface area contributed by atoms with E-state index < -0.39 is 10.0 Å². The monoisotopic (exact) mass is 377 g/mol. The third-order valence-electron chi connectivity index (χ3n) is 4.59. The molecule has 2 aromatic rings. The lowest BCUT2D eigenvalue weighted by molar-refractivity contribution is 0.214. The third-order valence-corrected chi connectivity index (χ3v) is 6.42. The molecule has 8 nitrogen and oxygen atoms in total. The third kappa shape index (κ3) is 3.88. The van der Waals surface area contributed by atoms with Crippen LogP contribution in [0.25, 0.3) is 0 Å². The van der Waals surface area contributed by atoms with Crippen LogP contribution in [-0.2, 0) is 10.0 Å². The fraction of sp³-hybridized carbons (Fsp3) is 0.412. The van der Waals surface area contributed by atoms with Crippen LogP contribution in [0.1, 0.15) is 17.5 Å². The molecule has 1 saturated heterocycles. The molecule has 26 heavy (non-hydrogen) atoms. The van der Waals surface area contributed by atoms with Crippen molar-refractivity contribution in [3.8, 4) is 0 Å². The highest BCUT2D eigenvalue weighted by atomic mass is 32.2. The summed E-state index contributed by atoms with van der Waals surface area (Å²) in [6.07, 6.45) is 3.21. The highest BCUT2D eigenvalue weighted by Crippen LogP contribution is 2.17. The number of urea groups is 1. The standard InChI is InChI=1S/C17H23N5O3S/c1-13-4-5-15(10-14(13)2)20-17(23)21-6-3-7-22(9-8-21)26(24,25)16-11-18-12-19-16/h4-5,10-12H,3,6-9H2,1-2H3,(H,18,19)(H,20,23). The summed E-state index contributed by atoms with van der Waals surface area (Å²) in [6, 6.07) is 5.55. The molecule has 1 aliphatic heterocycles. The van der Waals surface area contributed by atoms with Crippen LogP contribution in [0.5, 0.6) is 0 Å². The second-order valence-corrected chi connectivity index (χ2v) is 8.30. The summed E-state index contributed by atoms with van der Waals surface area (Å²) in [5, 5.41) is 2.97. The number of aryl methyl sites for hydroxylation is 2. The number of sulfonamides is 1. The van der Waals surface area contributed by atoms with Gasteiger partial charge in [0.1, 0.15) is 0 Å². The number of hydrogen-bond donors (Lipinski definition) is 2. The predicted molar refractivity (Wildman–Crippen MR) is 98.5 cm³/mol. The van der Waals surface area contributed by atoms with Crippen LogP contribution in [0.3, 0.4) is 0 Å². The van der Waals surface area contributed by atoms with Crippen molar-refractivity contribution in [3.05, 3.63) is 41.9 Å². The first kappa shape index (κ1) is 18.4. The zero-order valence-corrected chi connectivity index (χ0v) is 15.7. The summed E-state index contributed by atoms with van der Waals surface area (Å²) in [5.74, 6) is 0. The topological polar surface area (TPSA) is 98.4 Å². The van der Waals surface area contributed by atoms with Crippen LogP contribution in [0, 0.1) is 13.8 Å². The van der Waals surface area contributed by atoms with Crippen molar-refractivity contribution >= 4 is 21.7 Å². The number of hydrogen-bond acceptors (Lipinski definition) is 4. The van der Waals surface area contributed by atoms with E-state index in [2.05, 4.69) is 15.3 Å². The molecule has 0 bridgehead atoms. The molecule has 2 N–H and O–H groups in total. The zero-order valence-electron chi connectivity index (χ0n) is 14.9. The number of nitrogens with zero attached hydrogens (tertiary/aromatic N) is 3. The van der Waals surface area contributed by atoms with Crippen molar-refractivity contribution in [2.45, 2.75) is 25.3 Å². The quantitative estimate of drug-likeness (QED) is 0.854. The van der Waals surface area contributed by atoms with Crippen molar-refractivity contribution in [3.63, 3.8) is 0 Å². The van der Waals surface area contributed by atoms with Gasteiger partial charge >= 0.3 is 6.03 Å². The van der Waals surface area contributed by atoms with Crippen LogP contribution >= 0.6 is 0 Å². The normalized spacial score (nSPS) is 16.3. The number of nitrogens with one attached hydrogen (secondary N) is 2. The highest BCUT2D eigenvalue weighted by Gasteiger charge is 2.29. The minimum absolute atomic E-state index is 0.0746. The minimum atomic E-state index is -3.60. The second kappa shape index (κ2) is 7.46. The number of benzene rings is 1. The molecule has 1 aromatic heterocycles. The number of H-pyrrole nitrogens is 1. The average Bonchev–Trinajstić information content (AvgIpc) is 3.03. The molecule has 0 saturated carbocycles. The first-order valence-corrected chi connectivity index (χ1v) is 9.93. The molecule has 0 spiro atoms. The second-order valence-electron chi connectivity index (χ2n) is 6.39. The molecule has 0 atom stereocenters. The molecule has 1 fully saturated rings.